The molecule has 2 aromatic heterocycles. The third-order valence-corrected chi connectivity index (χ3v) is 5.30. The highest BCUT2D eigenvalue weighted by atomic mass is 16.5. The van der Waals surface area contributed by atoms with E-state index in [1.165, 1.54) is 36.9 Å². The fourth-order valence-corrected chi connectivity index (χ4v) is 3.05. The minimum Gasteiger partial charge on any atom is -0.477 e. The van der Waals surface area contributed by atoms with Crippen molar-refractivity contribution in [2.75, 3.05) is 6.61 Å². The van der Waals surface area contributed by atoms with Crippen molar-refractivity contribution >= 4 is 0 Å². The lowest BCUT2D eigenvalue weighted by molar-refractivity contribution is 0.277. The normalized spacial score (nSPS) is 23.9. The van der Waals surface area contributed by atoms with Crippen LogP contribution in [0, 0.1) is 32.6 Å². The molecule has 0 aliphatic heterocycles. The van der Waals surface area contributed by atoms with E-state index in [0.29, 0.717) is 30.2 Å². The van der Waals surface area contributed by atoms with Crippen LogP contribution in [0.15, 0.2) is 24.5 Å². The van der Waals surface area contributed by atoms with Gasteiger partial charge in [-0.25, -0.2) is 4.98 Å². The zero-order chi connectivity index (χ0) is 17.8. The van der Waals surface area contributed by atoms with Gasteiger partial charge in [-0.2, -0.15) is 4.98 Å². The second-order valence-electron chi connectivity index (χ2n) is 7.44. The van der Waals surface area contributed by atoms with Crippen LogP contribution in [-0.4, -0.2) is 21.6 Å². The average molecular weight is 339 g/mol. The minimum absolute atomic E-state index is 0.508. The van der Waals surface area contributed by atoms with Crippen molar-refractivity contribution in [3.05, 3.63) is 47.2 Å². The van der Waals surface area contributed by atoms with Crippen molar-refractivity contribution < 1.29 is 4.74 Å². The Kier molecular flexibility index (Phi) is 5.67. The van der Waals surface area contributed by atoms with Gasteiger partial charge in [0.1, 0.15) is 5.82 Å². The summed E-state index contributed by atoms with van der Waals surface area (Å²) in [6.07, 6.45) is 9.75. The van der Waals surface area contributed by atoms with Gasteiger partial charge in [0, 0.05) is 35.5 Å². The molecule has 0 aromatic carbocycles. The lowest BCUT2D eigenvalue weighted by Crippen LogP contribution is -2.06. The van der Waals surface area contributed by atoms with Crippen molar-refractivity contribution in [3.63, 3.8) is 0 Å². The lowest BCUT2D eigenvalue weighted by Gasteiger charge is -2.08. The fourth-order valence-electron chi connectivity index (χ4n) is 3.05. The van der Waals surface area contributed by atoms with Crippen LogP contribution in [-0.2, 0) is 0 Å². The Morgan fingerprint density at radius 2 is 1.72 bits per heavy atom. The molecule has 4 nitrogen and oxygen atoms in total. The molecule has 134 valence electrons. The molecular formula is C21H29N3O. The molecule has 2 fully saturated rings. The van der Waals surface area contributed by atoms with Crippen LogP contribution < -0.4 is 4.74 Å². The molecule has 2 saturated carbocycles. The predicted octanol–water partition coefficient (Wildman–Crippen LogP) is 4.79. The van der Waals surface area contributed by atoms with Crippen LogP contribution in [0.1, 0.15) is 61.2 Å². The van der Waals surface area contributed by atoms with Gasteiger partial charge in [-0.15, -0.1) is 0 Å². The number of rotatable bonds is 4. The molecule has 2 aliphatic rings. The van der Waals surface area contributed by atoms with E-state index in [2.05, 4.69) is 40.9 Å². The first-order chi connectivity index (χ1) is 12.1. The lowest BCUT2D eigenvalue weighted by atomic mass is 10.0. The SMILES string of the molecule is C1CCC1.Cc1ccc(C2C(COc3nc(C)ncc3C)[C@H]2C)nc1. The first-order valence-corrected chi connectivity index (χ1v) is 9.42. The maximum absolute atomic E-state index is 5.91. The number of ether oxygens (including phenoxy) is 1. The summed E-state index contributed by atoms with van der Waals surface area (Å²) in [5, 5.41) is 0. The minimum atomic E-state index is 0.508. The van der Waals surface area contributed by atoms with Gasteiger partial charge in [-0.1, -0.05) is 38.7 Å². The van der Waals surface area contributed by atoms with E-state index < -0.39 is 0 Å². The molecule has 0 spiro atoms. The Labute approximate surface area is 151 Å². The summed E-state index contributed by atoms with van der Waals surface area (Å²) in [4.78, 5) is 13.1. The van der Waals surface area contributed by atoms with Crippen LogP contribution in [0.3, 0.4) is 0 Å². The molecule has 0 bridgehead atoms. The fraction of sp³-hybridized carbons (Fsp3) is 0.571. The van der Waals surface area contributed by atoms with Gasteiger partial charge >= 0.3 is 0 Å². The molecule has 3 atom stereocenters. The van der Waals surface area contributed by atoms with Crippen LogP contribution in [0.5, 0.6) is 5.88 Å². The molecule has 2 heterocycles. The molecule has 4 rings (SSSR count). The number of aryl methyl sites for hydroxylation is 3. The van der Waals surface area contributed by atoms with Gasteiger partial charge in [0.2, 0.25) is 5.88 Å². The zero-order valence-corrected chi connectivity index (χ0v) is 15.8. The molecule has 0 saturated heterocycles. The molecular weight excluding hydrogens is 310 g/mol. The molecule has 0 amide bonds. The topological polar surface area (TPSA) is 47.9 Å². The van der Waals surface area contributed by atoms with Crippen molar-refractivity contribution in [1.29, 1.82) is 0 Å². The largest absolute Gasteiger partial charge is 0.477 e. The second-order valence-corrected chi connectivity index (χ2v) is 7.44. The van der Waals surface area contributed by atoms with Crippen molar-refractivity contribution in [3.8, 4) is 5.88 Å². The summed E-state index contributed by atoms with van der Waals surface area (Å²) in [6, 6.07) is 4.26. The summed E-state index contributed by atoms with van der Waals surface area (Å²) in [5.41, 5.74) is 3.36. The molecule has 25 heavy (non-hydrogen) atoms. The van der Waals surface area contributed by atoms with E-state index in [9.17, 15) is 0 Å². The van der Waals surface area contributed by atoms with Gasteiger partial charge in [-0.05, 0) is 38.3 Å². The Bertz CT molecular complexity index is 691. The van der Waals surface area contributed by atoms with Crippen LogP contribution in [0.25, 0.3) is 0 Å². The highest BCUT2D eigenvalue weighted by Crippen LogP contribution is 2.53. The number of hydrogen-bond donors (Lipinski definition) is 0. The maximum atomic E-state index is 5.91. The van der Waals surface area contributed by atoms with E-state index >= 15 is 0 Å². The molecule has 2 aliphatic carbocycles. The van der Waals surface area contributed by atoms with Crippen LogP contribution in [0.4, 0.5) is 0 Å². The van der Waals surface area contributed by atoms with Crippen molar-refractivity contribution in [2.24, 2.45) is 11.8 Å². The first-order valence-electron chi connectivity index (χ1n) is 9.42. The Morgan fingerprint density at radius 1 is 1.00 bits per heavy atom. The number of nitrogens with zero attached hydrogens (tertiary/aromatic N) is 3. The first kappa shape index (κ1) is 17.8. The highest BCUT2D eigenvalue weighted by molar-refractivity contribution is 5.25. The maximum Gasteiger partial charge on any atom is 0.219 e. The number of aromatic nitrogens is 3. The van der Waals surface area contributed by atoms with Crippen LogP contribution in [0.2, 0.25) is 0 Å². The highest BCUT2D eigenvalue weighted by Gasteiger charge is 2.48. The Hall–Kier alpha value is -1.97. The van der Waals surface area contributed by atoms with E-state index in [1.807, 2.05) is 26.2 Å². The summed E-state index contributed by atoms with van der Waals surface area (Å²) < 4.78 is 5.91. The second kappa shape index (κ2) is 7.94. The average Bonchev–Trinajstić information content (AvgIpc) is 3.17. The van der Waals surface area contributed by atoms with Crippen molar-refractivity contribution in [1.82, 2.24) is 15.0 Å². The van der Waals surface area contributed by atoms with E-state index in [-0.39, 0.29) is 0 Å². The van der Waals surface area contributed by atoms with Gasteiger partial charge in [0.05, 0.1) is 6.61 Å². The smallest absolute Gasteiger partial charge is 0.219 e. The molecule has 2 unspecified atom stereocenters. The summed E-state index contributed by atoms with van der Waals surface area (Å²) in [5.74, 6) is 3.10. The van der Waals surface area contributed by atoms with E-state index in [0.717, 1.165) is 11.4 Å². The molecule has 4 heteroatoms. The molecule has 0 N–H and O–H groups in total. The summed E-state index contributed by atoms with van der Waals surface area (Å²) >= 11 is 0. The van der Waals surface area contributed by atoms with Gasteiger partial charge in [-0.3, -0.25) is 4.98 Å². The monoisotopic (exact) mass is 339 g/mol. The van der Waals surface area contributed by atoms with Gasteiger partial charge < -0.3 is 4.74 Å². The van der Waals surface area contributed by atoms with E-state index in [1.54, 1.807) is 0 Å². The third kappa shape index (κ3) is 4.56. The summed E-state index contributed by atoms with van der Waals surface area (Å²) in [7, 11) is 0. The van der Waals surface area contributed by atoms with Gasteiger partial charge in [0.25, 0.3) is 0 Å². The summed E-state index contributed by atoms with van der Waals surface area (Å²) in [6.45, 7) is 8.88. The quantitative estimate of drug-likeness (QED) is 0.804. The molecule has 0 radical (unpaired) electrons. The van der Waals surface area contributed by atoms with Gasteiger partial charge in [0.15, 0.2) is 0 Å². The predicted molar refractivity (Wildman–Crippen MR) is 99.8 cm³/mol. The Balaban J connectivity index is 0.000000401. The third-order valence-electron chi connectivity index (χ3n) is 5.30. The van der Waals surface area contributed by atoms with Crippen molar-refractivity contribution in [2.45, 2.75) is 59.3 Å². The zero-order valence-electron chi connectivity index (χ0n) is 15.8. The molecule has 2 aromatic rings. The van der Waals surface area contributed by atoms with Crippen LogP contribution >= 0.6 is 0 Å². The Morgan fingerprint density at radius 3 is 2.32 bits per heavy atom. The number of hydrogen-bond acceptors (Lipinski definition) is 4. The standard InChI is InChI=1S/C17H21N3O.C4H8/c1-10-5-6-15(19-7-10)16-12(3)14(16)9-21-17-11(2)8-18-13(4)20-17;1-2-4-3-1/h5-8,12,14,16H,9H2,1-4H3;1-4H2/t12-,14?,16?;/m1./s1. The van der Waals surface area contributed by atoms with E-state index in [4.69, 9.17) is 4.74 Å². The number of pyridine rings is 1.